The third-order valence-corrected chi connectivity index (χ3v) is 15.2. The molecular formula is C78H66N4O7. The first kappa shape index (κ1) is 61.0. The summed E-state index contributed by atoms with van der Waals surface area (Å²) < 4.78 is 32.8. The van der Waals surface area contributed by atoms with Gasteiger partial charge in [0, 0.05) is 56.8 Å². The maximum atomic E-state index is 15.2. The number of aromatic nitrogens is 1. The summed E-state index contributed by atoms with van der Waals surface area (Å²) in [6.07, 6.45) is 1.64. The van der Waals surface area contributed by atoms with E-state index in [-0.39, 0.29) is 39.9 Å². The summed E-state index contributed by atoms with van der Waals surface area (Å²) in [5.41, 5.74) is 7.23. The Labute approximate surface area is 520 Å². The van der Waals surface area contributed by atoms with E-state index >= 15 is 4.79 Å². The molecule has 0 amide bonds. The number of aryl methyl sites for hydroxylation is 2. The molecule has 0 spiro atoms. The number of nitriles is 3. The number of carbonyl (C=O) groups is 2. The number of pyridine rings is 1. The van der Waals surface area contributed by atoms with Crippen molar-refractivity contribution in [1.29, 1.82) is 15.8 Å². The van der Waals surface area contributed by atoms with E-state index in [9.17, 15) is 20.6 Å². The Hall–Kier alpha value is -11.1. The van der Waals surface area contributed by atoms with Crippen molar-refractivity contribution in [3.63, 3.8) is 0 Å². The van der Waals surface area contributed by atoms with Gasteiger partial charge < -0.3 is 23.7 Å². The Morgan fingerprint density at radius 2 is 0.888 bits per heavy atom. The first-order valence-corrected chi connectivity index (χ1v) is 29.2. The maximum absolute atomic E-state index is 15.2. The number of hydrogen-bond donors (Lipinski definition) is 0. The third kappa shape index (κ3) is 13.3. The van der Waals surface area contributed by atoms with Crippen molar-refractivity contribution in [1.82, 2.24) is 4.98 Å². The highest BCUT2D eigenvalue weighted by Crippen LogP contribution is 2.48. The maximum Gasteiger partial charge on any atom is 0.219 e. The average molecular weight is 1170 g/mol. The molecule has 0 aliphatic heterocycles. The Bertz CT molecular complexity index is 4490. The van der Waals surface area contributed by atoms with E-state index < -0.39 is 16.2 Å². The monoisotopic (exact) mass is 1170 g/mol. The van der Waals surface area contributed by atoms with Gasteiger partial charge in [0.1, 0.15) is 81.1 Å². The molecule has 10 rings (SSSR count). The van der Waals surface area contributed by atoms with Crippen LogP contribution in [0.2, 0.25) is 0 Å². The van der Waals surface area contributed by atoms with E-state index in [1.807, 2.05) is 105 Å². The van der Waals surface area contributed by atoms with Crippen LogP contribution < -0.4 is 23.7 Å². The van der Waals surface area contributed by atoms with Gasteiger partial charge in [0.25, 0.3) is 0 Å². The lowest BCUT2D eigenvalue weighted by Gasteiger charge is -2.29. The van der Waals surface area contributed by atoms with Crippen molar-refractivity contribution in [3.8, 4) is 98.1 Å². The summed E-state index contributed by atoms with van der Waals surface area (Å²) >= 11 is 0. The molecule has 0 radical (unpaired) electrons. The average Bonchev–Trinajstić information content (AvgIpc) is 0.894. The number of rotatable bonds is 16. The quantitative estimate of drug-likeness (QED) is 0.0846. The van der Waals surface area contributed by atoms with E-state index in [1.165, 1.54) is 0 Å². The fourth-order valence-corrected chi connectivity index (χ4v) is 10.6. The lowest BCUT2D eigenvalue weighted by atomic mass is 9.80. The van der Waals surface area contributed by atoms with Crippen LogP contribution in [0.15, 0.2) is 200 Å². The van der Waals surface area contributed by atoms with Crippen LogP contribution in [0.3, 0.4) is 0 Å². The predicted molar refractivity (Wildman–Crippen MR) is 347 cm³/mol. The molecule has 440 valence electrons. The van der Waals surface area contributed by atoms with E-state index in [0.29, 0.717) is 90.4 Å². The van der Waals surface area contributed by atoms with Crippen LogP contribution in [0.25, 0.3) is 22.3 Å². The first-order valence-electron chi connectivity index (χ1n) is 29.2. The third-order valence-electron chi connectivity index (χ3n) is 15.2. The molecule has 89 heavy (non-hydrogen) atoms. The molecule has 0 fully saturated rings. The minimum atomic E-state index is -0.558. The van der Waals surface area contributed by atoms with Crippen molar-refractivity contribution in [2.45, 2.75) is 92.4 Å². The highest BCUT2D eigenvalue weighted by Gasteiger charge is 2.31. The second-order valence-corrected chi connectivity index (χ2v) is 24.9. The summed E-state index contributed by atoms with van der Waals surface area (Å²) in [5.74, 6) is 3.68. The van der Waals surface area contributed by atoms with Gasteiger partial charge in [-0.2, -0.15) is 15.8 Å². The smallest absolute Gasteiger partial charge is 0.219 e. The van der Waals surface area contributed by atoms with Crippen molar-refractivity contribution >= 4 is 11.6 Å². The lowest BCUT2D eigenvalue weighted by molar-refractivity contribution is 0.103. The zero-order valence-corrected chi connectivity index (χ0v) is 51.7. The van der Waals surface area contributed by atoms with E-state index in [1.54, 1.807) is 109 Å². The van der Waals surface area contributed by atoms with Gasteiger partial charge in [-0.3, -0.25) is 9.59 Å². The van der Waals surface area contributed by atoms with Crippen molar-refractivity contribution < 1.29 is 33.3 Å². The van der Waals surface area contributed by atoms with Crippen molar-refractivity contribution in [2.24, 2.45) is 0 Å². The Morgan fingerprint density at radius 1 is 0.382 bits per heavy atom. The van der Waals surface area contributed by atoms with E-state index in [2.05, 4.69) is 85.5 Å². The first-order chi connectivity index (χ1) is 42.5. The molecule has 0 aliphatic rings. The van der Waals surface area contributed by atoms with Gasteiger partial charge in [0.05, 0.1) is 5.56 Å². The normalized spacial score (nSPS) is 11.4. The van der Waals surface area contributed by atoms with Crippen molar-refractivity contribution in [2.75, 3.05) is 0 Å². The number of carbonyl (C=O) groups excluding carboxylic acids is 2. The number of benzene rings is 9. The molecule has 11 heteroatoms. The lowest BCUT2D eigenvalue weighted by Crippen LogP contribution is -2.17. The van der Waals surface area contributed by atoms with Crippen LogP contribution in [0.4, 0.5) is 0 Å². The minimum absolute atomic E-state index is 0.159. The van der Waals surface area contributed by atoms with Crippen molar-refractivity contribution in [3.05, 3.63) is 267 Å². The van der Waals surface area contributed by atoms with Crippen LogP contribution in [0.1, 0.15) is 139 Å². The Balaban J connectivity index is 1.02. The summed E-state index contributed by atoms with van der Waals surface area (Å²) in [7, 11) is 0. The molecule has 1 aromatic heterocycles. The highest BCUT2D eigenvalue weighted by molar-refractivity contribution is 6.16. The summed E-state index contributed by atoms with van der Waals surface area (Å²) in [6, 6.07) is 64.9. The zero-order valence-electron chi connectivity index (χ0n) is 51.7. The molecule has 0 saturated heterocycles. The van der Waals surface area contributed by atoms with Crippen LogP contribution in [-0.2, 0) is 16.2 Å². The Kier molecular flexibility index (Phi) is 17.2. The SMILES string of the molecule is Cc1ccc(-c2ccc(-c3cccc(Oc4cc(C(C)(C)C)c(Oc5cccc(Oc6ccc(Oc7cccc(C)c7C#N)c(C(C)(C)C)c6)c5C#N)cc4C(C)(C)C)c3C#N)c(C(=O)c3ccc(Oc4ccccn4)cc3)c2)c(C(=O)c2ccccc2)c1. The molecule has 10 aromatic rings. The molecule has 0 bridgehead atoms. The zero-order chi connectivity index (χ0) is 63.4. The summed E-state index contributed by atoms with van der Waals surface area (Å²) in [6.45, 7) is 22.3. The number of nitrogens with zero attached hydrogens (tertiary/aromatic N) is 4. The van der Waals surface area contributed by atoms with Crippen LogP contribution in [-0.4, -0.2) is 16.6 Å². The van der Waals surface area contributed by atoms with Gasteiger partial charge >= 0.3 is 0 Å². The fraction of sp³-hybridized carbons (Fsp3) is 0.179. The predicted octanol–water partition coefficient (Wildman–Crippen LogP) is 20.0. The second kappa shape index (κ2) is 25.1. The summed E-state index contributed by atoms with van der Waals surface area (Å²) in [5, 5.41) is 32.1. The molecule has 0 N–H and O–H groups in total. The second-order valence-electron chi connectivity index (χ2n) is 24.9. The molecule has 0 atom stereocenters. The fourth-order valence-electron chi connectivity index (χ4n) is 10.6. The van der Waals surface area contributed by atoms with Gasteiger partial charge in [0.2, 0.25) is 5.88 Å². The number of ketones is 2. The highest BCUT2D eigenvalue weighted by atomic mass is 16.5. The van der Waals surface area contributed by atoms with Crippen LogP contribution in [0, 0.1) is 47.8 Å². The Morgan fingerprint density at radius 3 is 1.48 bits per heavy atom. The standard InChI is InChI=1S/C78H66N4O7/c1-48-29-36-55(58(40-48)74(83)50-21-13-12-14-22-50)52-32-37-57(59(41-52)75(84)51-30-33-53(34-31-51)86-73-28-15-16-39-82-73)56-23-18-25-67(61(56)46-80)88-71-43-65(78(9,10)11)72(44-64(71)77(6,7)8)89-69-27-19-26-68(62(69)47-81)85-54-35-38-70(63(42-54)76(3,4)5)87-66-24-17-20-49(2)60(66)45-79/h12-44H,1-11H3. The topological polar surface area (TPSA) is 165 Å². The number of hydrogen-bond acceptors (Lipinski definition) is 11. The van der Waals surface area contributed by atoms with E-state index in [4.69, 9.17) is 23.7 Å². The van der Waals surface area contributed by atoms with Gasteiger partial charge in [0.15, 0.2) is 11.6 Å². The molecule has 0 unspecified atom stereocenters. The molecule has 11 nitrogen and oxygen atoms in total. The molecule has 0 saturated carbocycles. The molecule has 0 aliphatic carbocycles. The van der Waals surface area contributed by atoms with Gasteiger partial charge in [-0.15, -0.1) is 0 Å². The van der Waals surface area contributed by atoms with E-state index in [0.717, 1.165) is 27.8 Å². The molecule has 9 aromatic carbocycles. The van der Waals surface area contributed by atoms with Gasteiger partial charge in [-0.05, 0) is 149 Å². The van der Waals surface area contributed by atoms with Gasteiger partial charge in [-0.25, -0.2) is 4.98 Å². The largest absolute Gasteiger partial charge is 0.456 e. The molecular weight excluding hydrogens is 1100 g/mol. The minimum Gasteiger partial charge on any atom is -0.456 e. The molecule has 1 heterocycles. The van der Waals surface area contributed by atoms with Crippen LogP contribution in [0.5, 0.6) is 57.6 Å². The van der Waals surface area contributed by atoms with Crippen LogP contribution >= 0.6 is 0 Å². The van der Waals surface area contributed by atoms with Gasteiger partial charge in [-0.1, -0.05) is 159 Å². The number of ether oxygens (including phenoxy) is 5. The summed E-state index contributed by atoms with van der Waals surface area (Å²) in [4.78, 5) is 33.7.